The summed E-state index contributed by atoms with van der Waals surface area (Å²) >= 11 is 1.42. The van der Waals surface area contributed by atoms with E-state index in [1.165, 1.54) is 29.5 Å². The van der Waals surface area contributed by atoms with Gasteiger partial charge in [0.1, 0.15) is 17.4 Å². The number of nitro benzene ring substituents is 1. The van der Waals surface area contributed by atoms with E-state index in [9.17, 15) is 14.9 Å². The van der Waals surface area contributed by atoms with E-state index >= 15 is 0 Å². The summed E-state index contributed by atoms with van der Waals surface area (Å²) in [4.78, 5) is 26.0. The lowest BCUT2D eigenvalue weighted by Crippen LogP contribution is -2.00. The molecule has 0 fully saturated rings. The summed E-state index contributed by atoms with van der Waals surface area (Å²) in [7, 11) is 3.13. The molecule has 3 rings (SSSR count). The van der Waals surface area contributed by atoms with Crippen LogP contribution >= 0.6 is 11.3 Å². The van der Waals surface area contributed by atoms with E-state index in [4.69, 9.17) is 14.2 Å². The van der Waals surface area contributed by atoms with Crippen LogP contribution in [0.4, 0.5) is 5.69 Å². The second kappa shape index (κ2) is 8.49. The molecular formula is C19H16N2O6S. The SMILES string of the molecule is COc1cccc(-c2nc(COc3ccc([N+](=O)[O-])cc3C=O)cs2)c1OC. The Labute approximate surface area is 164 Å². The maximum atomic E-state index is 11.2. The number of rotatable bonds is 8. The van der Waals surface area contributed by atoms with Crippen molar-refractivity contribution in [1.82, 2.24) is 4.98 Å². The van der Waals surface area contributed by atoms with Crippen LogP contribution in [0.3, 0.4) is 0 Å². The van der Waals surface area contributed by atoms with Gasteiger partial charge in [0, 0.05) is 17.5 Å². The third-order valence-corrected chi connectivity index (χ3v) is 4.82. The van der Waals surface area contributed by atoms with Gasteiger partial charge in [0.05, 0.1) is 36.0 Å². The number of nitro groups is 1. The molecule has 144 valence electrons. The first-order valence-corrected chi connectivity index (χ1v) is 8.97. The van der Waals surface area contributed by atoms with Crippen LogP contribution in [0, 0.1) is 10.1 Å². The largest absolute Gasteiger partial charge is 0.493 e. The zero-order valence-corrected chi connectivity index (χ0v) is 15.9. The van der Waals surface area contributed by atoms with Crippen molar-refractivity contribution in [3.63, 3.8) is 0 Å². The molecule has 1 heterocycles. The number of aldehydes is 1. The van der Waals surface area contributed by atoms with Crippen LogP contribution in [0.15, 0.2) is 41.8 Å². The van der Waals surface area contributed by atoms with E-state index in [0.29, 0.717) is 23.5 Å². The van der Waals surface area contributed by atoms with E-state index in [1.807, 2.05) is 17.5 Å². The fourth-order valence-electron chi connectivity index (χ4n) is 2.58. The number of hydrogen-bond acceptors (Lipinski definition) is 8. The third-order valence-electron chi connectivity index (χ3n) is 3.89. The smallest absolute Gasteiger partial charge is 0.270 e. The van der Waals surface area contributed by atoms with Crippen molar-refractivity contribution in [1.29, 1.82) is 0 Å². The Morgan fingerprint density at radius 3 is 2.68 bits per heavy atom. The molecule has 0 amide bonds. The van der Waals surface area contributed by atoms with Gasteiger partial charge in [-0.2, -0.15) is 0 Å². The average Bonchev–Trinajstić information content (AvgIpc) is 3.20. The van der Waals surface area contributed by atoms with Gasteiger partial charge in [0.2, 0.25) is 0 Å². The number of non-ortho nitro benzene ring substituents is 1. The molecule has 28 heavy (non-hydrogen) atoms. The first kappa shape index (κ1) is 19.3. The van der Waals surface area contributed by atoms with Gasteiger partial charge in [-0.3, -0.25) is 14.9 Å². The van der Waals surface area contributed by atoms with Crippen molar-refractivity contribution in [3.05, 3.63) is 63.1 Å². The molecule has 0 saturated carbocycles. The number of carbonyl (C=O) groups is 1. The highest BCUT2D eigenvalue weighted by Crippen LogP contribution is 2.39. The number of hydrogen-bond donors (Lipinski definition) is 0. The molecule has 8 nitrogen and oxygen atoms in total. The maximum Gasteiger partial charge on any atom is 0.270 e. The number of nitrogens with zero attached hydrogens (tertiary/aromatic N) is 2. The molecule has 9 heteroatoms. The van der Waals surface area contributed by atoms with Crippen LogP contribution < -0.4 is 14.2 Å². The highest BCUT2D eigenvalue weighted by Gasteiger charge is 2.16. The number of aromatic nitrogens is 1. The van der Waals surface area contributed by atoms with Crippen molar-refractivity contribution in [2.24, 2.45) is 0 Å². The fourth-order valence-corrected chi connectivity index (χ4v) is 3.40. The number of ether oxygens (including phenoxy) is 3. The van der Waals surface area contributed by atoms with Crippen molar-refractivity contribution >= 4 is 23.3 Å². The van der Waals surface area contributed by atoms with Crippen LogP contribution in [0.5, 0.6) is 17.2 Å². The Morgan fingerprint density at radius 1 is 1.18 bits per heavy atom. The Hall–Kier alpha value is -3.46. The molecule has 0 aliphatic rings. The number of thiazole rings is 1. The van der Waals surface area contributed by atoms with Gasteiger partial charge in [-0.1, -0.05) is 6.07 Å². The summed E-state index contributed by atoms with van der Waals surface area (Å²) in [6, 6.07) is 9.40. The lowest BCUT2D eigenvalue weighted by molar-refractivity contribution is -0.384. The monoisotopic (exact) mass is 400 g/mol. The van der Waals surface area contributed by atoms with E-state index in [-0.39, 0.29) is 23.6 Å². The molecule has 0 atom stereocenters. The molecule has 3 aromatic rings. The molecule has 0 N–H and O–H groups in total. The van der Waals surface area contributed by atoms with Crippen molar-refractivity contribution in [3.8, 4) is 27.8 Å². The lowest BCUT2D eigenvalue weighted by Gasteiger charge is -2.10. The predicted molar refractivity (Wildman–Crippen MR) is 103 cm³/mol. The highest BCUT2D eigenvalue weighted by molar-refractivity contribution is 7.13. The van der Waals surface area contributed by atoms with Crippen molar-refractivity contribution < 1.29 is 23.9 Å². The van der Waals surface area contributed by atoms with Gasteiger partial charge in [-0.05, 0) is 18.2 Å². The minimum absolute atomic E-state index is 0.110. The molecular weight excluding hydrogens is 384 g/mol. The van der Waals surface area contributed by atoms with E-state index in [2.05, 4.69) is 4.98 Å². The summed E-state index contributed by atoms with van der Waals surface area (Å²) in [6.07, 6.45) is 0.524. The molecule has 1 aromatic heterocycles. The zero-order valence-electron chi connectivity index (χ0n) is 15.1. The fraction of sp³-hybridized carbons (Fsp3) is 0.158. The van der Waals surface area contributed by atoms with E-state index < -0.39 is 4.92 Å². The standard InChI is InChI=1S/C19H16N2O6S/c1-25-17-5-3-4-15(18(17)26-2)19-20-13(11-28-19)10-27-16-7-6-14(21(23)24)8-12(16)9-22/h3-9,11H,10H2,1-2H3. The van der Waals surface area contributed by atoms with Crippen LogP contribution in [-0.4, -0.2) is 30.4 Å². The Bertz CT molecular complexity index is 1020. The summed E-state index contributed by atoms with van der Waals surface area (Å²) in [5.74, 6) is 1.45. The van der Waals surface area contributed by atoms with E-state index in [1.54, 1.807) is 20.3 Å². The van der Waals surface area contributed by atoms with Crippen LogP contribution in [0.2, 0.25) is 0 Å². The maximum absolute atomic E-state index is 11.2. The number of benzene rings is 2. The summed E-state index contributed by atoms with van der Waals surface area (Å²) < 4.78 is 16.4. The molecule has 0 saturated heterocycles. The molecule has 0 bridgehead atoms. The van der Waals surface area contributed by atoms with Gasteiger partial charge in [0.25, 0.3) is 5.69 Å². The van der Waals surface area contributed by atoms with Crippen LogP contribution in [0.25, 0.3) is 10.6 Å². The van der Waals surface area contributed by atoms with Crippen LogP contribution in [0.1, 0.15) is 16.1 Å². The predicted octanol–water partition coefficient (Wildman–Crippen LogP) is 4.13. The molecule has 2 aromatic carbocycles. The first-order chi connectivity index (χ1) is 13.6. The van der Waals surface area contributed by atoms with Gasteiger partial charge < -0.3 is 14.2 Å². The Morgan fingerprint density at radius 2 is 2.00 bits per heavy atom. The minimum atomic E-state index is -0.564. The van der Waals surface area contributed by atoms with Gasteiger partial charge >= 0.3 is 0 Å². The molecule has 0 aliphatic carbocycles. The normalized spacial score (nSPS) is 10.4. The summed E-state index contributed by atoms with van der Waals surface area (Å²) in [6.45, 7) is 0.113. The Balaban J connectivity index is 1.80. The summed E-state index contributed by atoms with van der Waals surface area (Å²) in [5.41, 5.74) is 1.39. The second-order valence-corrected chi connectivity index (χ2v) is 6.43. The minimum Gasteiger partial charge on any atom is -0.493 e. The van der Waals surface area contributed by atoms with Crippen LogP contribution in [-0.2, 0) is 6.61 Å². The zero-order chi connectivity index (χ0) is 20.1. The van der Waals surface area contributed by atoms with Crippen molar-refractivity contribution in [2.75, 3.05) is 14.2 Å². The molecule has 0 radical (unpaired) electrons. The summed E-state index contributed by atoms with van der Waals surface area (Å²) in [5, 5.41) is 13.4. The average molecular weight is 400 g/mol. The molecule has 0 spiro atoms. The van der Waals surface area contributed by atoms with E-state index in [0.717, 1.165) is 10.6 Å². The lowest BCUT2D eigenvalue weighted by atomic mass is 10.2. The van der Waals surface area contributed by atoms with Crippen molar-refractivity contribution in [2.45, 2.75) is 6.61 Å². The second-order valence-electron chi connectivity index (χ2n) is 5.57. The quantitative estimate of drug-likeness (QED) is 0.318. The van der Waals surface area contributed by atoms with Gasteiger partial charge in [-0.25, -0.2) is 4.98 Å². The van der Waals surface area contributed by atoms with Gasteiger partial charge in [0.15, 0.2) is 17.8 Å². The third kappa shape index (κ3) is 3.94. The molecule has 0 unspecified atom stereocenters. The number of methoxy groups -OCH3 is 2. The molecule has 0 aliphatic heterocycles. The number of para-hydroxylation sites is 1. The first-order valence-electron chi connectivity index (χ1n) is 8.09. The topological polar surface area (TPSA) is 101 Å². The highest BCUT2D eigenvalue weighted by atomic mass is 32.1. The van der Waals surface area contributed by atoms with Gasteiger partial charge in [-0.15, -0.1) is 11.3 Å². The number of carbonyl (C=O) groups excluding carboxylic acids is 1. The Kier molecular flexibility index (Phi) is 5.85.